The van der Waals surface area contributed by atoms with Crippen LogP contribution < -0.4 is 0 Å². The van der Waals surface area contributed by atoms with Crippen LogP contribution in [0.1, 0.15) is 33.6 Å². The van der Waals surface area contributed by atoms with Crippen molar-refractivity contribution in [2.75, 3.05) is 13.6 Å². The highest BCUT2D eigenvalue weighted by atomic mass is 15.2. The average molecular weight is 141 g/mol. The molecule has 0 amide bonds. The molecule has 0 N–H and O–H groups in total. The van der Waals surface area contributed by atoms with Gasteiger partial charge in [0.15, 0.2) is 0 Å². The van der Waals surface area contributed by atoms with Crippen molar-refractivity contribution >= 4 is 0 Å². The summed E-state index contributed by atoms with van der Waals surface area (Å²) in [4.78, 5) is 2.50. The summed E-state index contributed by atoms with van der Waals surface area (Å²) >= 11 is 0. The van der Waals surface area contributed by atoms with Crippen molar-refractivity contribution in [3.05, 3.63) is 0 Å². The monoisotopic (exact) mass is 141 g/mol. The minimum absolute atomic E-state index is 0.486. The van der Waals surface area contributed by atoms with Crippen LogP contribution in [0.2, 0.25) is 0 Å². The van der Waals surface area contributed by atoms with Crippen LogP contribution in [0.4, 0.5) is 0 Å². The van der Waals surface area contributed by atoms with Gasteiger partial charge >= 0.3 is 0 Å². The van der Waals surface area contributed by atoms with Crippen LogP contribution in [0.15, 0.2) is 0 Å². The van der Waals surface area contributed by atoms with E-state index in [1.54, 1.807) is 0 Å². The molecule has 0 saturated carbocycles. The van der Waals surface area contributed by atoms with E-state index in [1.807, 2.05) is 0 Å². The Bertz CT molecular complexity index is 110. The van der Waals surface area contributed by atoms with Crippen LogP contribution in [-0.2, 0) is 0 Å². The molecule has 1 fully saturated rings. The number of likely N-dealkylation sites (tertiary alicyclic amines) is 1. The summed E-state index contributed by atoms with van der Waals surface area (Å²) in [6, 6.07) is 0. The van der Waals surface area contributed by atoms with E-state index in [9.17, 15) is 0 Å². The smallest absolute Gasteiger partial charge is 0.0201 e. The first kappa shape index (κ1) is 8.06. The van der Waals surface area contributed by atoms with Gasteiger partial charge in [0.25, 0.3) is 0 Å². The molecule has 0 aromatic heterocycles. The van der Waals surface area contributed by atoms with Crippen molar-refractivity contribution in [3.63, 3.8) is 0 Å². The van der Waals surface area contributed by atoms with E-state index < -0.39 is 0 Å². The van der Waals surface area contributed by atoms with E-state index in [0.717, 1.165) is 5.92 Å². The van der Waals surface area contributed by atoms with Crippen LogP contribution >= 0.6 is 0 Å². The third kappa shape index (κ3) is 0.968. The highest BCUT2D eigenvalue weighted by molar-refractivity contribution is 4.93. The molecule has 0 aromatic carbocycles. The quantitative estimate of drug-likeness (QED) is 0.540. The lowest BCUT2D eigenvalue weighted by molar-refractivity contribution is 0.152. The molecule has 0 bridgehead atoms. The van der Waals surface area contributed by atoms with Crippen molar-refractivity contribution in [1.82, 2.24) is 4.90 Å². The molecule has 0 radical (unpaired) electrons. The van der Waals surface area contributed by atoms with E-state index >= 15 is 0 Å². The Morgan fingerprint density at radius 1 is 1.60 bits per heavy atom. The fourth-order valence-corrected chi connectivity index (χ4v) is 1.95. The van der Waals surface area contributed by atoms with Gasteiger partial charge in [0.2, 0.25) is 0 Å². The van der Waals surface area contributed by atoms with Crippen LogP contribution in [0.3, 0.4) is 0 Å². The molecule has 1 rings (SSSR count). The predicted octanol–water partition coefficient (Wildman–Crippen LogP) is 2.13. The van der Waals surface area contributed by atoms with Gasteiger partial charge < -0.3 is 4.90 Å². The molecule has 10 heavy (non-hydrogen) atoms. The summed E-state index contributed by atoms with van der Waals surface area (Å²) in [6.07, 6.45) is 2.66. The van der Waals surface area contributed by atoms with Gasteiger partial charge in [-0.2, -0.15) is 0 Å². The lowest BCUT2D eigenvalue weighted by atomic mass is 9.86. The summed E-state index contributed by atoms with van der Waals surface area (Å²) in [6.45, 7) is 8.32. The summed E-state index contributed by atoms with van der Waals surface area (Å²) in [7, 11) is 2.24. The van der Waals surface area contributed by atoms with E-state index in [-0.39, 0.29) is 0 Å². The number of nitrogens with zero attached hydrogens (tertiary/aromatic N) is 1. The average Bonchev–Trinajstić information content (AvgIpc) is 2.18. The first-order chi connectivity index (χ1) is 4.61. The summed E-state index contributed by atoms with van der Waals surface area (Å²) in [5, 5.41) is 0. The molecule has 1 heterocycles. The van der Waals surface area contributed by atoms with Crippen molar-refractivity contribution < 1.29 is 0 Å². The minimum atomic E-state index is 0.486. The fraction of sp³-hybridized carbons (Fsp3) is 1.00. The van der Waals surface area contributed by atoms with Crippen molar-refractivity contribution in [2.24, 2.45) is 5.92 Å². The van der Waals surface area contributed by atoms with Gasteiger partial charge in [0.05, 0.1) is 0 Å². The van der Waals surface area contributed by atoms with E-state index in [4.69, 9.17) is 0 Å². The molecular formula is C9H19N. The highest BCUT2D eigenvalue weighted by Crippen LogP contribution is 2.35. The lowest BCUT2D eigenvalue weighted by Gasteiger charge is -2.34. The second kappa shape index (κ2) is 2.54. The normalized spacial score (nSPS) is 42.6. The standard InChI is InChI=1S/C9H19N/c1-5-9(3)8(2)6-7-10(9)4/h8H,5-7H2,1-4H3. The van der Waals surface area contributed by atoms with E-state index in [0.29, 0.717) is 5.54 Å². The Morgan fingerprint density at radius 3 is 2.40 bits per heavy atom. The first-order valence-electron chi connectivity index (χ1n) is 4.32. The molecule has 0 aliphatic carbocycles. The zero-order valence-corrected chi connectivity index (χ0v) is 7.65. The molecule has 2 atom stereocenters. The van der Waals surface area contributed by atoms with Crippen LogP contribution in [-0.4, -0.2) is 24.0 Å². The molecule has 0 aromatic rings. The Hall–Kier alpha value is -0.0400. The van der Waals surface area contributed by atoms with Gasteiger partial charge in [-0.3, -0.25) is 0 Å². The van der Waals surface area contributed by atoms with Gasteiger partial charge in [-0.25, -0.2) is 0 Å². The highest BCUT2D eigenvalue weighted by Gasteiger charge is 2.38. The topological polar surface area (TPSA) is 3.24 Å². The van der Waals surface area contributed by atoms with Gasteiger partial charge in [0, 0.05) is 5.54 Å². The molecule has 1 aliphatic heterocycles. The third-order valence-corrected chi connectivity index (χ3v) is 3.55. The van der Waals surface area contributed by atoms with Gasteiger partial charge in [0.1, 0.15) is 0 Å². The summed E-state index contributed by atoms with van der Waals surface area (Å²) < 4.78 is 0. The Kier molecular flexibility index (Phi) is 2.04. The molecule has 60 valence electrons. The third-order valence-electron chi connectivity index (χ3n) is 3.55. The van der Waals surface area contributed by atoms with Crippen LogP contribution in [0, 0.1) is 5.92 Å². The van der Waals surface area contributed by atoms with Gasteiger partial charge in [-0.1, -0.05) is 13.8 Å². The maximum absolute atomic E-state index is 2.50. The minimum Gasteiger partial charge on any atom is -0.301 e. The molecule has 1 heteroatoms. The van der Waals surface area contributed by atoms with E-state index in [1.165, 1.54) is 19.4 Å². The molecular weight excluding hydrogens is 122 g/mol. The number of rotatable bonds is 1. The summed E-state index contributed by atoms with van der Waals surface area (Å²) in [5.41, 5.74) is 0.486. The second-order valence-electron chi connectivity index (χ2n) is 3.82. The molecule has 1 aliphatic rings. The van der Waals surface area contributed by atoms with Crippen molar-refractivity contribution in [2.45, 2.75) is 39.2 Å². The lowest BCUT2D eigenvalue weighted by Crippen LogP contribution is -2.41. The fourth-order valence-electron chi connectivity index (χ4n) is 1.95. The molecule has 2 unspecified atom stereocenters. The molecule has 1 nitrogen and oxygen atoms in total. The largest absolute Gasteiger partial charge is 0.301 e. The maximum atomic E-state index is 2.50. The van der Waals surface area contributed by atoms with Crippen LogP contribution in [0.5, 0.6) is 0 Å². The predicted molar refractivity (Wildman–Crippen MR) is 45.1 cm³/mol. The number of hydrogen-bond acceptors (Lipinski definition) is 1. The molecule has 1 saturated heterocycles. The Balaban J connectivity index is 2.70. The Labute approximate surface area is 64.4 Å². The van der Waals surface area contributed by atoms with E-state index in [2.05, 4.69) is 32.7 Å². The van der Waals surface area contributed by atoms with Gasteiger partial charge in [-0.05, 0) is 39.3 Å². The van der Waals surface area contributed by atoms with Crippen LogP contribution in [0.25, 0.3) is 0 Å². The zero-order chi connectivity index (χ0) is 7.78. The molecule has 0 spiro atoms. The first-order valence-corrected chi connectivity index (χ1v) is 4.32. The zero-order valence-electron chi connectivity index (χ0n) is 7.65. The van der Waals surface area contributed by atoms with Crippen molar-refractivity contribution in [3.8, 4) is 0 Å². The SMILES string of the molecule is CCC1(C)C(C)CCN1C. The maximum Gasteiger partial charge on any atom is 0.0201 e. The van der Waals surface area contributed by atoms with Gasteiger partial charge in [-0.15, -0.1) is 0 Å². The number of hydrogen-bond donors (Lipinski definition) is 0. The second-order valence-corrected chi connectivity index (χ2v) is 3.82. The van der Waals surface area contributed by atoms with Crippen molar-refractivity contribution in [1.29, 1.82) is 0 Å². The Morgan fingerprint density at radius 2 is 2.20 bits per heavy atom. The summed E-state index contributed by atoms with van der Waals surface area (Å²) in [5.74, 6) is 0.877.